The Bertz CT molecular complexity index is 130. The minimum atomic E-state index is 0.807. The predicted octanol–water partition coefficient (Wildman–Crippen LogP) is 2.25. The Hall–Kier alpha value is -0.0800. The number of rotatable bonds is 7. The lowest BCUT2D eigenvalue weighted by Crippen LogP contribution is -2.34. The summed E-state index contributed by atoms with van der Waals surface area (Å²) in [6.45, 7) is 5.97. The van der Waals surface area contributed by atoms with Crippen LogP contribution in [0.5, 0.6) is 0 Å². The first-order chi connectivity index (χ1) is 6.84. The van der Waals surface area contributed by atoms with Gasteiger partial charge in [-0.05, 0) is 33.0 Å². The molecule has 0 aromatic rings. The average Bonchev–Trinajstić information content (AvgIpc) is 2.70. The normalized spacial score (nSPS) is 22.1. The van der Waals surface area contributed by atoms with Crippen LogP contribution in [-0.2, 0) is 0 Å². The van der Waals surface area contributed by atoms with Crippen molar-refractivity contribution in [1.82, 2.24) is 10.2 Å². The Labute approximate surface area is 89.1 Å². The lowest BCUT2D eigenvalue weighted by molar-refractivity contribution is 0.251. The fourth-order valence-corrected chi connectivity index (χ4v) is 2.16. The monoisotopic (exact) mass is 198 g/mol. The molecule has 1 heterocycles. The van der Waals surface area contributed by atoms with Crippen molar-refractivity contribution in [2.75, 3.05) is 26.7 Å². The van der Waals surface area contributed by atoms with Crippen LogP contribution in [-0.4, -0.2) is 37.6 Å². The van der Waals surface area contributed by atoms with Gasteiger partial charge in [0.05, 0.1) is 0 Å². The molecule has 0 spiro atoms. The number of unbranched alkanes of at least 4 members (excludes halogenated alkanes) is 4. The van der Waals surface area contributed by atoms with Gasteiger partial charge in [-0.3, -0.25) is 0 Å². The molecule has 0 bridgehead atoms. The van der Waals surface area contributed by atoms with Crippen molar-refractivity contribution in [2.24, 2.45) is 0 Å². The fourth-order valence-electron chi connectivity index (χ4n) is 2.16. The van der Waals surface area contributed by atoms with E-state index in [4.69, 9.17) is 0 Å². The smallest absolute Gasteiger partial charge is 0.0229 e. The molecule has 1 unspecified atom stereocenters. The van der Waals surface area contributed by atoms with Gasteiger partial charge in [-0.1, -0.05) is 32.6 Å². The molecule has 84 valence electrons. The highest BCUT2D eigenvalue weighted by molar-refractivity contribution is 4.78. The van der Waals surface area contributed by atoms with E-state index in [0.29, 0.717) is 0 Å². The summed E-state index contributed by atoms with van der Waals surface area (Å²) in [5, 5.41) is 3.42. The number of hydrogen-bond acceptors (Lipinski definition) is 2. The van der Waals surface area contributed by atoms with Crippen LogP contribution < -0.4 is 5.32 Å². The summed E-state index contributed by atoms with van der Waals surface area (Å²) in [5.74, 6) is 0. The second kappa shape index (κ2) is 7.24. The van der Waals surface area contributed by atoms with Crippen LogP contribution in [0.2, 0.25) is 0 Å². The third-order valence-electron chi connectivity index (χ3n) is 3.27. The molecule has 0 saturated carbocycles. The van der Waals surface area contributed by atoms with E-state index in [9.17, 15) is 0 Å². The number of nitrogens with zero attached hydrogens (tertiary/aromatic N) is 1. The van der Waals surface area contributed by atoms with Crippen LogP contribution in [0.25, 0.3) is 0 Å². The molecule has 0 radical (unpaired) electrons. The van der Waals surface area contributed by atoms with Crippen molar-refractivity contribution < 1.29 is 0 Å². The Balaban J connectivity index is 1.94. The fraction of sp³-hybridized carbons (Fsp3) is 1.00. The molecule has 1 atom stereocenters. The van der Waals surface area contributed by atoms with E-state index >= 15 is 0 Å². The summed E-state index contributed by atoms with van der Waals surface area (Å²) in [6.07, 6.45) is 8.32. The molecule has 1 rings (SSSR count). The van der Waals surface area contributed by atoms with Crippen LogP contribution in [0, 0.1) is 0 Å². The van der Waals surface area contributed by atoms with E-state index in [1.807, 2.05) is 0 Å². The van der Waals surface area contributed by atoms with Crippen molar-refractivity contribution in [3.05, 3.63) is 0 Å². The van der Waals surface area contributed by atoms with E-state index in [0.717, 1.165) is 6.04 Å². The molecular formula is C12H26N2. The van der Waals surface area contributed by atoms with Gasteiger partial charge in [-0.25, -0.2) is 0 Å². The molecule has 1 N–H and O–H groups in total. The Morgan fingerprint density at radius 1 is 1.21 bits per heavy atom. The van der Waals surface area contributed by atoms with Crippen LogP contribution in [0.1, 0.15) is 45.4 Å². The SMILES string of the molecule is CCCCCCCN(C)C1CCNC1. The van der Waals surface area contributed by atoms with E-state index in [1.54, 1.807) is 0 Å². The molecule has 0 aromatic carbocycles. The highest BCUT2D eigenvalue weighted by Gasteiger charge is 2.17. The average molecular weight is 198 g/mol. The zero-order chi connectivity index (χ0) is 10.2. The second-order valence-electron chi connectivity index (χ2n) is 4.54. The van der Waals surface area contributed by atoms with Gasteiger partial charge in [0.2, 0.25) is 0 Å². The molecule has 1 aliphatic heterocycles. The van der Waals surface area contributed by atoms with Gasteiger partial charge < -0.3 is 10.2 Å². The minimum Gasteiger partial charge on any atom is -0.315 e. The van der Waals surface area contributed by atoms with Gasteiger partial charge in [0.25, 0.3) is 0 Å². The summed E-state index contributed by atoms with van der Waals surface area (Å²) in [4.78, 5) is 2.53. The summed E-state index contributed by atoms with van der Waals surface area (Å²) < 4.78 is 0. The summed E-state index contributed by atoms with van der Waals surface area (Å²) in [5.41, 5.74) is 0. The summed E-state index contributed by atoms with van der Waals surface area (Å²) >= 11 is 0. The molecule has 0 amide bonds. The maximum Gasteiger partial charge on any atom is 0.0229 e. The third kappa shape index (κ3) is 4.43. The van der Waals surface area contributed by atoms with Crippen molar-refractivity contribution >= 4 is 0 Å². The zero-order valence-electron chi connectivity index (χ0n) is 9.89. The topological polar surface area (TPSA) is 15.3 Å². The quantitative estimate of drug-likeness (QED) is 0.631. The van der Waals surface area contributed by atoms with Gasteiger partial charge in [-0.15, -0.1) is 0 Å². The molecule has 1 fully saturated rings. The summed E-state index contributed by atoms with van der Waals surface area (Å²) in [6, 6.07) is 0.807. The molecule has 14 heavy (non-hydrogen) atoms. The molecule has 0 aromatic heterocycles. The maximum absolute atomic E-state index is 3.42. The van der Waals surface area contributed by atoms with E-state index < -0.39 is 0 Å². The summed E-state index contributed by atoms with van der Waals surface area (Å²) in [7, 11) is 2.28. The van der Waals surface area contributed by atoms with Crippen LogP contribution in [0.15, 0.2) is 0 Å². The lowest BCUT2D eigenvalue weighted by atomic mass is 10.1. The molecule has 1 saturated heterocycles. The first-order valence-corrected chi connectivity index (χ1v) is 6.25. The van der Waals surface area contributed by atoms with E-state index in [2.05, 4.69) is 24.2 Å². The Morgan fingerprint density at radius 3 is 2.64 bits per heavy atom. The first kappa shape index (κ1) is 12.0. The largest absolute Gasteiger partial charge is 0.315 e. The molecule has 2 nitrogen and oxygen atoms in total. The lowest BCUT2D eigenvalue weighted by Gasteiger charge is -2.23. The van der Waals surface area contributed by atoms with Crippen LogP contribution in [0.4, 0.5) is 0 Å². The van der Waals surface area contributed by atoms with Crippen molar-refractivity contribution in [3.63, 3.8) is 0 Å². The van der Waals surface area contributed by atoms with Gasteiger partial charge in [-0.2, -0.15) is 0 Å². The first-order valence-electron chi connectivity index (χ1n) is 6.25. The highest BCUT2D eigenvalue weighted by atomic mass is 15.2. The van der Waals surface area contributed by atoms with Gasteiger partial charge >= 0.3 is 0 Å². The van der Waals surface area contributed by atoms with E-state index in [1.165, 1.54) is 58.2 Å². The second-order valence-corrected chi connectivity index (χ2v) is 4.54. The van der Waals surface area contributed by atoms with Gasteiger partial charge in [0.1, 0.15) is 0 Å². The predicted molar refractivity (Wildman–Crippen MR) is 62.7 cm³/mol. The van der Waals surface area contributed by atoms with Crippen molar-refractivity contribution in [1.29, 1.82) is 0 Å². The Kier molecular flexibility index (Phi) is 6.20. The highest BCUT2D eigenvalue weighted by Crippen LogP contribution is 2.08. The zero-order valence-corrected chi connectivity index (χ0v) is 9.89. The van der Waals surface area contributed by atoms with Crippen LogP contribution in [0.3, 0.4) is 0 Å². The third-order valence-corrected chi connectivity index (χ3v) is 3.27. The molecule has 2 heteroatoms. The number of likely N-dealkylation sites (N-methyl/N-ethyl adjacent to an activating group) is 1. The minimum absolute atomic E-state index is 0.807. The van der Waals surface area contributed by atoms with Gasteiger partial charge in [0.15, 0.2) is 0 Å². The van der Waals surface area contributed by atoms with Crippen molar-refractivity contribution in [3.8, 4) is 0 Å². The van der Waals surface area contributed by atoms with Gasteiger partial charge in [0, 0.05) is 12.6 Å². The maximum atomic E-state index is 3.42. The molecule has 1 aliphatic rings. The van der Waals surface area contributed by atoms with Crippen molar-refractivity contribution in [2.45, 2.75) is 51.5 Å². The Morgan fingerprint density at radius 2 is 2.00 bits per heavy atom. The van der Waals surface area contributed by atoms with E-state index in [-0.39, 0.29) is 0 Å². The standard InChI is InChI=1S/C12H26N2/c1-3-4-5-6-7-10-14(2)12-8-9-13-11-12/h12-13H,3-11H2,1-2H3. The number of nitrogens with one attached hydrogen (secondary N) is 1. The molecule has 0 aliphatic carbocycles. The number of hydrogen-bond donors (Lipinski definition) is 1. The molecular weight excluding hydrogens is 172 g/mol. The van der Waals surface area contributed by atoms with Crippen LogP contribution >= 0.6 is 0 Å².